The van der Waals surface area contributed by atoms with Gasteiger partial charge in [-0.3, -0.25) is 4.79 Å². The molecule has 2 N–H and O–H groups in total. The molecule has 4 rings (SSSR count). The van der Waals surface area contributed by atoms with Gasteiger partial charge in [-0.25, -0.2) is 17.9 Å². The van der Waals surface area contributed by atoms with Gasteiger partial charge in [0.2, 0.25) is 10.0 Å². The molecule has 0 atom stereocenters. The first-order valence-electron chi connectivity index (χ1n) is 10.7. The number of amides is 1. The fourth-order valence-electron chi connectivity index (χ4n) is 3.75. The van der Waals surface area contributed by atoms with Crippen LogP contribution in [0.3, 0.4) is 0 Å². The second-order valence-corrected chi connectivity index (χ2v) is 10.4. The van der Waals surface area contributed by atoms with E-state index in [1.54, 1.807) is 6.92 Å². The second-order valence-electron chi connectivity index (χ2n) is 7.57. The van der Waals surface area contributed by atoms with E-state index in [0.717, 1.165) is 35.3 Å². The van der Waals surface area contributed by atoms with Crippen LogP contribution >= 0.6 is 11.3 Å². The average Bonchev–Trinajstić information content (AvgIpc) is 3.39. The van der Waals surface area contributed by atoms with Gasteiger partial charge in [-0.05, 0) is 55.5 Å². The second kappa shape index (κ2) is 9.86. The van der Waals surface area contributed by atoms with Crippen LogP contribution in [0, 0.1) is 0 Å². The highest BCUT2D eigenvalue weighted by Gasteiger charge is 2.28. The highest BCUT2D eigenvalue weighted by atomic mass is 32.2. The molecule has 172 valence electrons. The lowest BCUT2D eigenvalue weighted by molar-refractivity contribution is 0.0527. The van der Waals surface area contributed by atoms with Crippen LogP contribution in [0.5, 0.6) is 0 Å². The lowest BCUT2D eigenvalue weighted by Crippen LogP contribution is -2.23. The molecular formula is C24H24N2O5S2. The number of anilines is 1. The van der Waals surface area contributed by atoms with Gasteiger partial charge in [0.1, 0.15) is 5.00 Å². The summed E-state index contributed by atoms with van der Waals surface area (Å²) in [6.45, 7) is 2.12. The lowest BCUT2D eigenvalue weighted by Gasteiger charge is -2.10. The van der Waals surface area contributed by atoms with E-state index in [1.165, 1.54) is 35.6 Å². The van der Waals surface area contributed by atoms with Crippen molar-refractivity contribution in [2.24, 2.45) is 0 Å². The third-order valence-corrected chi connectivity index (χ3v) is 7.95. The van der Waals surface area contributed by atoms with Gasteiger partial charge in [0.15, 0.2) is 0 Å². The average molecular weight is 485 g/mol. The number of carbonyl (C=O) groups is 2. The van der Waals surface area contributed by atoms with Gasteiger partial charge in [0, 0.05) is 17.0 Å². The maximum Gasteiger partial charge on any atom is 0.341 e. The summed E-state index contributed by atoms with van der Waals surface area (Å²) in [6, 6.07) is 15.0. The minimum atomic E-state index is -3.82. The fourth-order valence-corrected chi connectivity index (χ4v) is 6.08. The van der Waals surface area contributed by atoms with Gasteiger partial charge < -0.3 is 10.1 Å². The summed E-state index contributed by atoms with van der Waals surface area (Å²) in [6.07, 6.45) is 2.61. The number of aryl methyl sites for hydroxylation is 1. The van der Waals surface area contributed by atoms with E-state index in [4.69, 9.17) is 4.74 Å². The van der Waals surface area contributed by atoms with E-state index in [1.807, 2.05) is 30.3 Å². The largest absolute Gasteiger partial charge is 0.462 e. The predicted molar refractivity (Wildman–Crippen MR) is 127 cm³/mol. The van der Waals surface area contributed by atoms with Gasteiger partial charge in [-0.2, -0.15) is 0 Å². The molecule has 7 nitrogen and oxygen atoms in total. The number of hydrogen-bond donors (Lipinski definition) is 2. The van der Waals surface area contributed by atoms with Crippen LogP contribution < -0.4 is 10.0 Å². The van der Waals surface area contributed by atoms with Gasteiger partial charge in [-0.1, -0.05) is 36.4 Å². The normalized spacial score (nSPS) is 12.9. The molecule has 1 amide bonds. The number of nitrogens with one attached hydrogen (secondary N) is 2. The first-order valence-corrected chi connectivity index (χ1v) is 13.0. The molecule has 0 saturated heterocycles. The number of thiophene rings is 1. The molecule has 1 heterocycles. The van der Waals surface area contributed by atoms with Crippen molar-refractivity contribution in [3.63, 3.8) is 0 Å². The van der Waals surface area contributed by atoms with Crippen molar-refractivity contribution in [1.82, 2.24) is 4.72 Å². The van der Waals surface area contributed by atoms with Crippen molar-refractivity contribution in [1.29, 1.82) is 0 Å². The number of sulfonamides is 1. The van der Waals surface area contributed by atoms with Crippen molar-refractivity contribution in [2.45, 2.75) is 37.6 Å². The Morgan fingerprint density at radius 1 is 1.06 bits per heavy atom. The summed E-state index contributed by atoms with van der Waals surface area (Å²) >= 11 is 1.38. The van der Waals surface area contributed by atoms with Crippen LogP contribution in [0.2, 0.25) is 0 Å². The molecule has 1 aliphatic rings. The lowest BCUT2D eigenvalue weighted by atomic mass is 10.1. The van der Waals surface area contributed by atoms with Crippen LogP contribution in [0.1, 0.15) is 50.1 Å². The van der Waals surface area contributed by atoms with Crippen molar-refractivity contribution >= 4 is 38.2 Å². The first kappa shape index (κ1) is 23.2. The van der Waals surface area contributed by atoms with Gasteiger partial charge in [0.05, 0.1) is 17.1 Å². The zero-order valence-electron chi connectivity index (χ0n) is 18.1. The molecular weight excluding hydrogens is 460 g/mol. The molecule has 0 radical (unpaired) electrons. The Morgan fingerprint density at radius 3 is 2.61 bits per heavy atom. The SMILES string of the molecule is CCOC(=O)c1c(NC(=O)c2cccc(S(=O)(=O)NCc3ccccc3)c2)sc2c1CCC2. The van der Waals surface area contributed by atoms with E-state index >= 15 is 0 Å². The molecule has 0 aliphatic heterocycles. The van der Waals surface area contributed by atoms with Crippen LogP contribution in [0.15, 0.2) is 59.5 Å². The smallest absolute Gasteiger partial charge is 0.341 e. The third-order valence-electron chi connectivity index (χ3n) is 5.34. The molecule has 3 aromatic rings. The number of ether oxygens (including phenoxy) is 1. The highest BCUT2D eigenvalue weighted by Crippen LogP contribution is 2.39. The molecule has 9 heteroatoms. The zero-order valence-corrected chi connectivity index (χ0v) is 19.7. The number of esters is 1. The summed E-state index contributed by atoms with van der Waals surface area (Å²) in [5, 5.41) is 3.24. The number of fused-ring (bicyclic) bond motifs is 1. The minimum Gasteiger partial charge on any atom is -0.462 e. The minimum absolute atomic E-state index is 0.00892. The molecule has 0 saturated carbocycles. The highest BCUT2D eigenvalue weighted by molar-refractivity contribution is 7.89. The summed E-state index contributed by atoms with van der Waals surface area (Å²) in [5.74, 6) is -0.936. The van der Waals surface area contributed by atoms with Crippen molar-refractivity contribution in [3.8, 4) is 0 Å². The molecule has 1 aromatic heterocycles. The monoisotopic (exact) mass is 484 g/mol. The molecule has 1 aliphatic carbocycles. The van der Waals surface area contributed by atoms with Gasteiger partial charge >= 0.3 is 5.97 Å². The molecule has 0 fully saturated rings. The van der Waals surface area contributed by atoms with Crippen LogP contribution in [0.4, 0.5) is 5.00 Å². The van der Waals surface area contributed by atoms with E-state index in [9.17, 15) is 18.0 Å². The van der Waals surface area contributed by atoms with Crippen LogP contribution in [0.25, 0.3) is 0 Å². The third kappa shape index (κ3) is 5.16. The number of carbonyl (C=O) groups excluding carboxylic acids is 2. The van der Waals surface area contributed by atoms with Crippen molar-refractivity contribution in [3.05, 3.63) is 81.7 Å². The Morgan fingerprint density at radius 2 is 1.85 bits per heavy atom. The predicted octanol–water partition coefficient (Wildman–Crippen LogP) is 4.14. The van der Waals surface area contributed by atoms with Crippen LogP contribution in [-0.2, 0) is 34.1 Å². The summed E-state index contributed by atoms with van der Waals surface area (Å²) in [4.78, 5) is 26.6. The number of hydrogen-bond acceptors (Lipinski definition) is 6. The van der Waals surface area contributed by atoms with E-state index < -0.39 is 21.9 Å². The van der Waals surface area contributed by atoms with E-state index in [-0.39, 0.29) is 23.6 Å². The topological polar surface area (TPSA) is 102 Å². The fraction of sp³-hybridized carbons (Fsp3) is 0.250. The van der Waals surface area contributed by atoms with Crippen LogP contribution in [-0.4, -0.2) is 26.9 Å². The zero-order chi connectivity index (χ0) is 23.4. The first-order chi connectivity index (χ1) is 15.9. The molecule has 33 heavy (non-hydrogen) atoms. The van der Waals surface area contributed by atoms with Crippen molar-refractivity contribution < 1.29 is 22.7 Å². The van der Waals surface area contributed by atoms with E-state index in [0.29, 0.717) is 10.6 Å². The Balaban J connectivity index is 1.53. The molecule has 0 spiro atoms. The van der Waals surface area contributed by atoms with Gasteiger partial charge in [-0.15, -0.1) is 11.3 Å². The summed E-state index contributed by atoms with van der Waals surface area (Å²) in [7, 11) is -3.82. The molecule has 2 aromatic carbocycles. The maximum absolute atomic E-state index is 13.0. The number of benzene rings is 2. The quantitative estimate of drug-likeness (QED) is 0.468. The molecule has 0 unspecified atom stereocenters. The maximum atomic E-state index is 13.0. The number of rotatable bonds is 8. The van der Waals surface area contributed by atoms with Gasteiger partial charge in [0.25, 0.3) is 5.91 Å². The Kier molecular flexibility index (Phi) is 6.92. The molecule has 0 bridgehead atoms. The standard InChI is InChI=1S/C24H24N2O5S2/c1-2-31-24(28)21-19-12-7-13-20(19)32-23(21)26-22(27)17-10-6-11-18(14-17)33(29,30)25-15-16-8-4-3-5-9-16/h3-6,8-11,14,25H,2,7,12-13,15H2,1H3,(H,26,27). The Hall–Kier alpha value is -3.01. The Labute approximate surface area is 196 Å². The van der Waals surface area contributed by atoms with E-state index in [2.05, 4.69) is 10.0 Å². The summed E-state index contributed by atoms with van der Waals surface area (Å²) < 4.78 is 33.2. The Bertz CT molecular complexity index is 1280. The summed E-state index contributed by atoms with van der Waals surface area (Å²) in [5.41, 5.74) is 2.36. The van der Waals surface area contributed by atoms with Crippen molar-refractivity contribution in [2.75, 3.05) is 11.9 Å².